The van der Waals surface area contributed by atoms with Crippen LogP contribution in [0.5, 0.6) is 11.5 Å². The van der Waals surface area contributed by atoms with Gasteiger partial charge in [0.2, 0.25) is 0 Å². The summed E-state index contributed by atoms with van der Waals surface area (Å²) in [5.41, 5.74) is 6.77. The van der Waals surface area contributed by atoms with Gasteiger partial charge >= 0.3 is 0 Å². The number of hydrogen-bond donors (Lipinski definition) is 1. The van der Waals surface area contributed by atoms with Gasteiger partial charge in [0.05, 0.1) is 19.3 Å². The summed E-state index contributed by atoms with van der Waals surface area (Å²) in [4.78, 5) is 0. The van der Waals surface area contributed by atoms with E-state index in [9.17, 15) is 0 Å². The molecule has 1 unspecified atom stereocenters. The Morgan fingerprint density at radius 1 is 1.15 bits per heavy atom. The molecule has 2 N–H and O–H groups in total. The highest BCUT2D eigenvalue weighted by molar-refractivity contribution is 7.14. The third-order valence-corrected chi connectivity index (χ3v) is 3.79. The van der Waals surface area contributed by atoms with Crippen LogP contribution in [-0.4, -0.2) is 23.4 Å². The van der Waals surface area contributed by atoms with E-state index in [2.05, 4.69) is 10.2 Å². The second-order valence-corrected chi connectivity index (χ2v) is 5.27. The van der Waals surface area contributed by atoms with Crippen LogP contribution in [0.3, 0.4) is 0 Å². The van der Waals surface area contributed by atoms with E-state index in [-0.39, 0.29) is 6.04 Å². The van der Waals surface area contributed by atoms with Crippen molar-refractivity contribution in [2.24, 2.45) is 5.73 Å². The molecule has 0 aliphatic rings. The van der Waals surface area contributed by atoms with Gasteiger partial charge in [-0.1, -0.05) is 11.3 Å². The average molecular weight is 293 g/mol. The Morgan fingerprint density at radius 2 is 1.85 bits per heavy atom. The van der Waals surface area contributed by atoms with Crippen molar-refractivity contribution in [2.75, 3.05) is 13.2 Å². The first kappa shape index (κ1) is 14.7. The van der Waals surface area contributed by atoms with Crippen molar-refractivity contribution in [3.8, 4) is 22.1 Å². The summed E-state index contributed by atoms with van der Waals surface area (Å²) in [6.45, 7) is 6.98. The number of aromatic nitrogens is 2. The van der Waals surface area contributed by atoms with Gasteiger partial charge in [-0.2, -0.15) is 0 Å². The smallest absolute Gasteiger partial charge is 0.161 e. The number of nitrogens with two attached hydrogens (primary N) is 1. The summed E-state index contributed by atoms with van der Waals surface area (Å²) in [5, 5.41) is 9.93. The highest BCUT2D eigenvalue weighted by atomic mass is 32.1. The van der Waals surface area contributed by atoms with Crippen molar-refractivity contribution in [3.63, 3.8) is 0 Å². The normalized spacial score (nSPS) is 12.2. The third-order valence-electron chi connectivity index (χ3n) is 2.62. The zero-order chi connectivity index (χ0) is 14.5. The molecule has 1 aromatic heterocycles. The molecule has 0 saturated carbocycles. The van der Waals surface area contributed by atoms with Crippen molar-refractivity contribution >= 4 is 11.3 Å². The lowest BCUT2D eigenvalue weighted by molar-refractivity contribution is 0.288. The maximum atomic E-state index is 5.81. The number of nitrogens with zero attached hydrogens (tertiary/aromatic N) is 2. The van der Waals surface area contributed by atoms with E-state index >= 15 is 0 Å². The molecule has 1 atom stereocenters. The zero-order valence-corrected chi connectivity index (χ0v) is 12.7. The van der Waals surface area contributed by atoms with Gasteiger partial charge in [-0.25, -0.2) is 0 Å². The first-order chi connectivity index (χ1) is 9.65. The van der Waals surface area contributed by atoms with Gasteiger partial charge in [-0.05, 0) is 39.0 Å². The zero-order valence-electron chi connectivity index (χ0n) is 11.9. The Labute approximate surface area is 122 Å². The highest BCUT2D eigenvalue weighted by Crippen LogP contribution is 2.34. The minimum atomic E-state index is -0.102. The molecule has 6 heteroatoms. The Morgan fingerprint density at radius 3 is 2.45 bits per heavy atom. The molecule has 0 spiro atoms. The fraction of sp³-hybridized carbons (Fsp3) is 0.429. The van der Waals surface area contributed by atoms with Crippen molar-refractivity contribution in [2.45, 2.75) is 26.8 Å². The summed E-state index contributed by atoms with van der Waals surface area (Å²) in [6, 6.07) is 5.69. The van der Waals surface area contributed by atoms with Crippen LogP contribution < -0.4 is 15.2 Å². The third kappa shape index (κ3) is 3.26. The topological polar surface area (TPSA) is 70.3 Å². The predicted octanol–water partition coefficient (Wildman–Crippen LogP) is 3.02. The predicted molar refractivity (Wildman–Crippen MR) is 80.3 cm³/mol. The first-order valence-corrected chi connectivity index (χ1v) is 7.46. The van der Waals surface area contributed by atoms with Crippen LogP contribution in [0.1, 0.15) is 31.8 Å². The fourth-order valence-electron chi connectivity index (χ4n) is 1.72. The maximum Gasteiger partial charge on any atom is 0.161 e. The van der Waals surface area contributed by atoms with E-state index in [1.54, 1.807) is 0 Å². The summed E-state index contributed by atoms with van der Waals surface area (Å²) in [5.74, 6) is 1.47. The van der Waals surface area contributed by atoms with Crippen LogP contribution in [0, 0.1) is 0 Å². The Balaban J connectivity index is 2.33. The van der Waals surface area contributed by atoms with E-state index < -0.39 is 0 Å². The molecule has 0 aliphatic carbocycles. The molecule has 5 nitrogen and oxygen atoms in total. The van der Waals surface area contributed by atoms with Crippen LogP contribution in [0.2, 0.25) is 0 Å². The molecule has 2 rings (SSSR count). The SMILES string of the molecule is CCOc1ccc(-c2nnc(C(C)N)s2)cc1OCC. The minimum absolute atomic E-state index is 0.102. The lowest BCUT2D eigenvalue weighted by Crippen LogP contribution is -2.03. The number of rotatable bonds is 6. The van der Waals surface area contributed by atoms with Crippen LogP contribution in [0.25, 0.3) is 10.6 Å². The molecular formula is C14H19N3O2S. The van der Waals surface area contributed by atoms with Crippen LogP contribution in [0.4, 0.5) is 0 Å². The van der Waals surface area contributed by atoms with Crippen molar-refractivity contribution in [3.05, 3.63) is 23.2 Å². The Hall–Kier alpha value is -1.66. The van der Waals surface area contributed by atoms with Crippen LogP contribution in [0.15, 0.2) is 18.2 Å². The van der Waals surface area contributed by atoms with Crippen LogP contribution >= 0.6 is 11.3 Å². The lowest BCUT2D eigenvalue weighted by Gasteiger charge is -2.11. The van der Waals surface area contributed by atoms with Gasteiger partial charge in [0, 0.05) is 5.56 Å². The molecule has 0 bridgehead atoms. The van der Waals surface area contributed by atoms with E-state index in [1.165, 1.54) is 11.3 Å². The second kappa shape index (κ2) is 6.67. The molecular weight excluding hydrogens is 274 g/mol. The number of ether oxygens (including phenoxy) is 2. The largest absolute Gasteiger partial charge is 0.490 e. The number of benzene rings is 1. The molecule has 0 fully saturated rings. The van der Waals surface area contributed by atoms with Gasteiger partial charge in [-0.3, -0.25) is 0 Å². The second-order valence-electron chi connectivity index (χ2n) is 4.26. The van der Waals surface area contributed by atoms with Crippen LogP contribution in [-0.2, 0) is 0 Å². The molecule has 2 aromatic rings. The molecule has 108 valence electrons. The van der Waals surface area contributed by atoms with Gasteiger partial charge in [-0.15, -0.1) is 10.2 Å². The molecule has 0 aliphatic heterocycles. The fourth-order valence-corrected chi connectivity index (χ4v) is 2.51. The standard InChI is InChI=1S/C14H19N3O2S/c1-4-18-11-7-6-10(8-12(11)19-5-2)14-17-16-13(20-14)9(3)15/h6-9H,4-5,15H2,1-3H3. The van der Waals surface area contributed by atoms with E-state index in [1.807, 2.05) is 39.0 Å². The van der Waals surface area contributed by atoms with E-state index in [4.69, 9.17) is 15.2 Å². The monoisotopic (exact) mass is 293 g/mol. The Bertz CT molecular complexity index is 569. The van der Waals surface area contributed by atoms with Gasteiger partial charge in [0.1, 0.15) is 10.0 Å². The molecule has 0 radical (unpaired) electrons. The van der Waals surface area contributed by atoms with Gasteiger partial charge in [0.15, 0.2) is 11.5 Å². The minimum Gasteiger partial charge on any atom is -0.490 e. The lowest BCUT2D eigenvalue weighted by atomic mass is 10.2. The average Bonchev–Trinajstić information content (AvgIpc) is 2.91. The molecule has 1 heterocycles. The van der Waals surface area contributed by atoms with E-state index in [0.29, 0.717) is 13.2 Å². The highest BCUT2D eigenvalue weighted by Gasteiger charge is 2.12. The van der Waals surface area contributed by atoms with Crippen molar-refractivity contribution in [1.82, 2.24) is 10.2 Å². The summed E-state index contributed by atoms with van der Waals surface area (Å²) < 4.78 is 11.2. The molecule has 20 heavy (non-hydrogen) atoms. The maximum absolute atomic E-state index is 5.81. The van der Waals surface area contributed by atoms with Gasteiger partial charge < -0.3 is 15.2 Å². The molecule has 0 amide bonds. The number of hydrogen-bond acceptors (Lipinski definition) is 6. The molecule has 0 saturated heterocycles. The summed E-state index contributed by atoms with van der Waals surface area (Å²) >= 11 is 1.50. The van der Waals surface area contributed by atoms with Gasteiger partial charge in [0.25, 0.3) is 0 Å². The quantitative estimate of drug-likeness (QED) is 0.886. The van der Waals surface area contributed by atoms with E-state index in [0.717, 1.165) is 27.1 Å². The van der Waals surface area contributed by atoms with Crippen molar-refractivity contribution in [1.29, 1.82) is 0 Å². The summed E-state index contributed by atoms with van der Waals surface area (Å²) in [7, 11) is 0. The van der Waals surface area contributed by atoms with Crippen molar-refractivity contribution < 1.29 is 9.47 Å². The molecule has 1 aromatic carbocycles. The Kier molecular flexibility index (Phi) is 4.92. The first-order valence-electron chi connectivity index (χ1n) is 6.64. The summed E-state index contributed by atoms with van der Waals surface area (Å²) in [6.07, 6.45) is 0.